The van der Waals surface area contributed by atoms with Crippen LogP contribution in [0.25, 0.3) is 10.8 Å². The molecule has 0 atom stereocenters. The maximum Gasteiger partial charge on any atom is 0.258 e. The first kappa shape index (κ1) is 9.89. The fourth-order valence-corrected chi connectivity index (χ4v) is 2.27. The van der Waals surface area contributed by atoms with Crippen LogP contribution in [0, 0.1) is 0 Å². The van der Waals surface area contributed by atoms with Crippen molar-refractivity contribution >= 4 is 22.5 Å². The Morgan fingerprint density at radius 3 is 3.00 bits per heavy atom. The molecular weight excluding hydrogens is 218 g/mol. The number of aromatic hydroxyl groups is 1. The van der Waals surface area contributed by atoms with Gasteiger partial charge in [-0.3, -0.25) is 4.79 Å². The van der Waals surface area contributed by atoms with E-state index in [9.17, 15) is 9.90 Å². The number of phenols is 1. The average molecular weight is 229 g/mol. The number of rotatable bonds is 0. The van der Waals surface area contributed by atoms with Gasteiger partial charge in [0.2, 0.25) is 0 Å². The molecule has 5 heteroatoms. The minimum Gasteiger partial charge on any atom is -0.507 e. The molecule has 1 aromatic heterocycles. The predicted molar refractivity (Wildman–Crippen MR) is 63.6 cm³/mol. The van der Waals surface area contributed by atoms with Gasteiger partial charge in [-0.1, -0.05) is 0 Å². The number of nitrogen functional groups attached to an aromatic ring is 1. The molecule has 0 radical (unpaired) electrons. The summed E-state index contributed by atoms with van der Waals surface area (Å²) in [7, 11) is 1.71. The summed E-state index contributed by atoms with van der Waals surface area (Å²) < 4.78 is 0. The van der Waals surface area contributed by atoms with E-state index in [0.29, 0.717) is 17.9 Å². The summed E-state index contributed by atoms with van der Waals surface area (Å²) in [5.41, 5.74) is 6.85. The molecule has 0 unspecified atom stereocenters. The van der Waals surface area contributed by atoms with Gasteiger partial charge in [0.15, 0.2) is 0 Å². The average Bonchev–Trinajstić information content (AvgIpc) is 2.58. The fourth-order valence-electron chi connectivity index (χ4n) is 2.27. The van der Waals surface area contributed by atoms with Crippen LogP contribution >= 0.6 is 0 Å². The zero-order valence-electron chi connectivity index (χ0n) is 9.27. The van der Waals surface area contributed by atoms with E-state index in [1.165, 1.54) is 0 Å². The first-order chi connectivity index (χ1) is 8.08. The Balaban J connectivity index is 2.43. The summed E-state index contributed by atoms with van der Waals surface area (Å²) in [5, 5.41) is 11.5. The number of carbonyl (C=O) groups is 1. The second kappa shape index (κ2) is 3.10. The van der Waals surface area contributed by atoms with Crippen molar-refractivity contribution in [3.8, 4) is 5.75 Å². The number of anilines is 1. The lowest BCUT2D eigenvalue weighted by molar-refractivity contribution is 0.0814. The number of pyridine rings is 1. The van der Waals surface area contributed by atoms with Gasteiger partial charge in [0.25, 0.3) is 5.91 Å². The van der Waals surface area contributed by atoms with Crippen molar-refractivity contribution in [3.63, 3.8) is 0 Å². The van der Waals surface area contributed by atoms with Gasteiger partial charge in [0.05, 0.1) is 5.56 Å². The molecule has 1 aromatic carbocycles. The van der Waals surface area contributed by atoms with E-state index in [1.54, 1.807) is 30.3 Å². The lowest BCUT2D eigenvalue weighted by atomic mass is 10.0. The van der Waals surface area contributed by atoms with E-state index in [0.717, 1.165) is 16.3 Å². The van der Waals surface area contributed by atoms with Crippen LogP contribution in [-0.4, -0.2) is 27.9 Å². The Hall–Kier alpha value is -2.30. The van der Waals surface area contributed by atoms with Crippen LogP contribution in [0.3, 0.4) is 0 Å². The number of hydrogen-bond donors (Lipinski definition) is 2. The monoisotopic (exact) mass is 229 g/mol. The van der Waals surface area contributed by atoms with Crippen molar-refractivity contribution in [1.29, 1.82) is 0 Å². The van der Waals surface area contributed by atoms with Crippen LogP contribution in [0.2, 0.25) is 0 Å². The van der Waals surface area contributed by atoms with Gasteiger partial charge >= 0.3 is 0 Å². The van der Waals surface area contributed by atoms with Crippen LogP contribution in [-0.2, 0) is 6.54 Å². The van der Waals surface area contributed by atoms with Gasteiger partial charge in [-0.15, -0.1) is 0 Å². The number of carbonyl (C=O) groups excluding carboxylic acids is 1. The lowest BCUT2D eigenvalue weighted by Crippen LogP contribution is -2.17. The number of phenolic OH excluding ortho intramolecular Hbond substituents is 1. The van der Waals surface area contributed by atoms with Gasteiger partial charge < -0.3 is 15.7 Å². The Labute approximate surface area is 97.5 Å². The minimum atomic E-state index is -0.158. The van der Waals surface area contributed by atoms with Gasteiger partial charge in [-0.25, -0.2) is 4.98 Å². The molecule has 86 valence electrons. The summed E-state index contributed by atoms with van der Waals surface area (Å²) in [4.78, 5) is 17.4. The van der Waals surface area contributed by atoms with Crippen molar-refractivity contribution in [2.75, 3.05) is 12.8 Å². The summed E-state index contributed by atoms with van der Waals surface area (Å²) in [6.07, 6.45) is 1.60. The molecule has 0 saturated heterocycles. The topological polar surface area (TPSA) is 79.4 Å². The van der Waals surface area contributed by atoms with Gasteiger partial charge in [0.1, 0.15) is 11.6 Å². The molecule has 1 aliphatic heterocycles. The van der Waals surface area contributed by atoms with Crippen LogP contribution in [0.1, 0.15) is 15.9 Å². The van der Waals surface area contributed by atoms with Gasteiger partial charge in [0, 0.05) is 25.2 Å². The van der Waals surface area contributed by atoms with E-state index < -0.39 is 0 Å². The summed E-state index contributed by atoms with van der Waals surface area (Å²) in [6, 6.07) is 3.29. The molecule has 0 aliphatic carbocycles. The molecule has 2 aromatic rings. The van der Waals surface area contributed by atoms with Crippen LogP contribution in [0.5, 0.6) is 5.75 Å². The van der Waals surface area contributed by atoms with E-state index in [-0.39, 0.29) is 11.7 Å². The van der Waals surface area contributed by atoms with Crippen molar-refractivity contribution in [3.05, 3.63) is 29.5 Å². The summed E-state index contributed by atoms with van der Waals surface area (Å²) in [5.74, 6) is 0.260. The largest absolute Gasteiger partial charge is 0.507 e. The van der Waals surface area contributed by atoms with Crippen molar-refractivity contribution in [2.45, 2.75) is 6.54 Å². The molecule has 0 bridgehead atoms. The smallest absolute Gasteiger partial charge is 0.258 e. The highest BCUT2D eigenvalue weighted by molar-refractivity contribution is 6.07. The second-order valence-corrected chi connectivity index (χ2v) is 4.24. The predicted octanol–water partition coefficient (Wildman–Crippen LogP) is 1.11. The van der Waals surface area contributed by atoms with E-state index in [4.69, 9.17) is 5.73 Å². The number of hydrogen-bond acceptors (Lipinski definition) is 4. The number of nitrogens with zero attached hydrogens (tertiary/aromatic N) is 2. The van der Waals surface area contributed by atoms with Crippen molar-refractivity contribution in [1.82, 2.24) is 9.88 Å². The molecular formula is C12H11N3O2. The first-order valence-electron chi connectivity index (χ1n) is 5.23. The maximum atomic E-state index is 11.9. The SMILES string of the molecule is CN1Cc2c(c(O)cc3cnc(N)cc23)C1=O. The minimum absolute atomic E-state index is 0.00780. The molecule has 5 nitrogen and oxygen atoms in total. The first-order valence-corrected chi connectivity index (χ1v) is 5.23. The Bertz CT molecular complexity index is 652. The standard InChI is InChI=1S/C12H11N3O2/c1-15-5-8-7-3-10(13)14-4-6(7)2-9(16)11(8)12(15)17/h2-4,16H,5H2,1H3,(H2,13,14). The molecule has 3 N–H and O–H groups in total. The Morgan fingerprint density at radius 2 is 2.24 bits per heavy atom. The fraction of sp³-hybridized carbons (Fsp3) is 0.167. The van der Waals surface area contributed by atoms with E-state index >= 15 is 0 Å². The van der Waals surface area contributed by atoms with Crippen LogP contribution in [0.15, 0.2) is 18.3 Å². The van der Waals surface area contributed by atoms with E-state index in [1.807, 2.05) is 0 Å². The Morgan fingerprint density at radius 1 is 1.47 bits per heavy atom. The maximum absolute atomic E-state index is 11.9. The van der Waals surface area contributed by atoms with Gasteiger partial charge in [-0.2, -0.15) is 0 Å². The van der Waals surface area contributed by atoms with Crippen LogP contribution in [0.4, 0.5) is 5.82 Å². The summed E-state index contributed by atoms with van der Waals surface area (Å²) >= 11 is 0. The zero-order chi connectivity index (χ0) is 12.2. The quantitative estimate of drug-likeness (QED) is 0.709. The zero-order valence-corrected chi connectivity index (χ0v) is 9.27. The normalized spacial score (nSPS) is 14.4. The molecule has 1 aliphatic rings. The highest BCUT2D eigenvalue weighted by Crippen LogP contribution is 2.36. The third-order valence-electron chi connectivity index (χ3n) is 3.09. The second-order valence-electron chi connectivity index (χ2n) is 4.24. The number of aromatic nitrogens is 1. The highest BCUT2D eigenvalue weighted by atomic mass is 16.3. The molecule has 1 amide bonds. The molecule has 0 saturated carbocycles. The number of amides is 1. The number of nitrogens with two attached hydrogens (primary N) is 1. The molecule has 0 spiro atoms. The number of benzene rings is 1. The molecule has 17 heavy (non-hydrogen) atoms. The third-order valence-corrected chi connectivity index (χ3v) is 3.09. The lowest BCUT2D eigenvalue weighted by Gasteiger charge is -2.06. The molecule has 2 heterocycles. The Kier molecular flexibility index (Phi) is 1.80. The third kappa shape index (κ3) is 1.25. The summed E-state index contributed by atoms with van der Waals surface area (Å²) in [6.45, 7) is 0.489. The van der Waals surface area contributed by atoms with Crippen LogP contribution < -0.4 is 5.73 Å². The van der Waals surface area contributed by atoms with E-state index in [2.05, 4.69) is 4.98 Å². The van der Waals surface area contributed by atoms with Crippen molar-refractivity contribution < 1.29 is 9.90 Å². The van der Waals surface area contributed by atoms with Crippen molar-refractivity contribution in [2.24, 2.45) is 0 Å². The molecule has 3 rings (SSSR count). The van der Waals surface area contributed by atoms with Gasteiger partial charge in [-0.05, 0) is 23.1 Å². The molecule has 0 fully saturated rings. The highest BCUT2D eigenvalue weighted by Gasteiger charge is 2.29. The number of fused-ring (bicyclic) bond motifs is 3.